The molecule has 0 amide bonds. The van der Waals surface area contributed by atoms with E-state index in [-0.39, 0.29) is 11.4 Å². The van der Waals surface area contributed by atoms with E-state index >= 15 is 0 Å². The van der Waals surface area contributed by atoms with Crippen LogP contribution in [0.4, 0.5) is 5.69 Å². The predicted molar refractivity (Wildman–Crippen MR) is 97.4 cm³/mol. The van der Waals surface area contributed by atoms with Gasteiger partial charge in [-0.05, 0) is 31.4 Å². The Morgan fingerprint density at radius 2 is 2.12 bits per heavy atom. The summed E-state index contributed by atoms with van der Waals surface area (Å²) in [5.74, 6) is -1.02. The smallest absolute Gasteiger partial charge is 0.336 e. The van der Waals surface area contributed by atoms with E-state index in [1.54, 1.807) is 0 Å². The summed E-state index contributed by atoms with van der Waals surface area (Å²) in [6, 6.07) is 9.55. The highest BCUT2D eigenvalue weighted by molar-refractivity contribution is 6.07. The molecule has 8 nitrogen and oxygen atoms in total. The van der Waals surface area contributed by atoms with Crippen LogP contribution in [0.15, 0.2) is 75.7 Å². The second-order valence-corrected chi connectivity index (χ2v) is 6.18. The number of hydrogen-bond acceptors (Lipinski definition) is 6. The molecular formula is C18H17N5O3. The molecule has 3 aliphatic rings. The Kier molecular flexibility index (Phi) is 3.90. The number of quaternary nitrogens is 1. The molecule has 132 valence electrons. The van der Waals surface area contributed by atoms with Crippen molar-refractivity contribution in [3.05, 3.63) is 70.9 Å². The van der Waals surface area contributed by atoms with Crippen LogP contribution < -0.4 is 10.9 Å². The van der Waals surface area contributed by atoms with Gasteiger partial charge in [-0.3, -0.25) is 5.43 Å². The molecular weight excluding hydrogens is 334 g/mol. The fourth-order valence-electron chi connectivity index (χ4n) is 3.03. The molecule has 0 fully saturated rings. The predicted octanol–water partition coefficient (Wildman–Crippen LogP) is 2.62. The van der Waals surface area contributed by atoms with E-state index in [0.717, 1.165) is 29.9 Å². The molecule has 2 aliphatic heterocycles. The molecule has 8 heteroatoms. The number of carboxylic acid groups (broad SMARTS) is 1. The van der Waals surface area contributed by atoms with Crippen molar-refractivity contribution in [1.82, 2.24) is 5.43 Å². The Balaban J connectivity index is 1.68. The number of nitrogens with one attached hydrogen (secondary N) is 2. The van der Waals surface area contributed by atoms with E-state index in [1.807, 2.05) is 30.3 Å². The molecule has 1 unspecified atom stereocenters. The number of anilines is 1. The minimum atomic E-state index is -1.10. The van der Waals surface area contributed by atoms with Gasteiger partial charge >= 0.3 is 5.97 Å². The van der Waals surface area contributed by atoms with E-state index in [2.05, 4.69) is 20.9 Å². The third kappa shape index (κ3) is 2.92. The van der Waals surface area contributed by atoms with Gasteiger partial charge in [0.15, 0.2) is 0 Å². The van der Waals surface area contributed by atoms with Gasteiger partial charge in [-0.25, -0.2) is 10.2 Å². The summed E-state index contributed by atoms with van der Waals surface area (Å²) in [5, 5.41) is 26.5. The minimum absolute atomic E-state index is 0.0240. The van der Waals surface area contributed by atoms with E-state index in [9.17, 15) is 10.0 Å². The van der Waals surface area contributed by atoms with E-state index in [0.29, 0.717) is 12.1 Å². The lowest BCUT2D eigenvalue weighted by atomic mass is 9.98. The van der Waals surface area contributed by atoms with Crippen molar-refractivity contribution in [2.24, 2.45) is 10.1 Å². The van der Waals surface area contributed by atoms with Crippen molar-refractivity contribution in [3.8, 4) is 0 Å². The van der Waals surface area contributed by atoms with Crippen LogP contribution in [0.25, 0.3) is 0 Å². The lowest BCUT2D eigenvalue weighted by Gasteiger charge is -2.43. The van der Waals surface area contributed by atoms with Crippen molar-refractivity contribution >= 4 is 23.2 Å². The van der Waals surface area contributed by atoms with Gasteiger partial charge in [0.1, 0.15) is 11.9 Å². The first kappa shape index (κ1) is 16.2. The van der Waals surface area contributed by atoms with Crippen LogP contribution in [0.5, 0.6) is 0 Å². The number of benzene rings is 1. The number of carboxylic acids is 1. The monoisotopic (exact) mass is 351 g/mol. The molecule has 0 bridgehead atoms. The number of aliphatic imine (C=N–C) groups is 1. The van der Waals surface area contributed by atoms with Crippen molar-refractivity contribution in [3.63, 3.8) is 0 Å². The molecule has 4 rings (SSSR count). The number of hydrazone groups is 1. The van der Waals surface area contributed by atoms with Gasteiger partial charge in [-0.2, -0.15) is 14.8 Å². The highest BCUT2D eigenvalue weighted by atomic mass is 16.6. The summed E-state index contributed by atoms with van der Waals surface area (Å²) in [7, 11) is 0. The zero-order chi connectivity index (χ0) is 18.1. The summed E-state index contributed by atoms with van der Waals surface area (Å²) in [6.45, 7) is 0. The highest BCUT2D eigenvalue weighted by Crippen LogP contribution is 2.30. The zero-order valence-electron chi connectivity index (χ0n) is 13.8. The van der Waals surface area contributed by atoms with Gasteiger partial charge in [-0.15, -0.1) is 0 Å². The number of allylic oxidation sites excluding steroid dienone is 2. The largest absolute Gasteiger partial charge is 0.595 e. The first-order valence-corrected chi connectivity index (χ1v) is 8.28. The van der Waals surface area contributed by atoms with Crippen molar-refractivity contribution < 1.29 is 14.7 Å². The standard InChI is InChI=1S/C18H17N5O3/c24-18(25)12-9-10-23(26)16(11-12)19-17-14(7-4-8-15(17)22-23)21-20-13-5-2-1-3-6-13/h1-3,5-6,9-11,20,22H,4,7-8H2,(H,24,25). The Morgan fingerprint density at radius 3 is 2.88 bits per heavy atom. The second kappa shape index (κ2) is 6.25. The first-order chi connectivity index (χ1) is 12.5. The van der Waals surface area contributed by atoms with E-state index < -0.39 is 10.7 Å². The van der Waals surface area contributed by atoms with E-state index in [1.165, 1.54) is 18.4 Å². The van der Waals surface area contributed by atoms with Gasteiger partial charge in [0.2, 0.25) is 0 Å². The summed E-state index contributed by atoms with van der Waals surface area (Å²) in [6.07, 6.45) is 6.11. The maximum atomic E-state index is 12.9. The number of carbonyl (C=O) groups is 1. The maximum Gasteiger partial charge on any atom is 0.336 e. The number of rotatable bonds is 3. The number of fused-ring (bicyclic) bond motifs is 1. The molecule has 1 aromatic rings. The van der Waals surface area contributed by atoms with E-state index in [4.69, 9.17) is 5.11 Å². The lowest BCUT2D eigenvalue weighted by Crippen LogP contribution is -2.56. The summed E-state index contributed by atoms with van der Waals surface area (Å²) in [4.78, 5) is 15.6. The van der Waals surface area contributed by atoms with Gasteiger partial charge in [0, 0.05) is 12.2 Å². The molecule has 0 aromatic heterocycles. The van der Waals surface area contributed by atoms with Gasteiger partial charge < -0.3 is 10.3 Å². The third-order valence-corrected chi connectivity index (χ3v) is 4.36. The van der Waals surface area contributed by atoms with Crippen molar-refractivity contribution in [2.45, 2.75) is 19.3 Å². The molecule has 1 atom stereocenters. The molecule has 0 spiro atoms. The Labute approximate surface area is 149 Å². The Bertz CT molecular complexity index is 914. The first-order valence-electron chi connectivity index (χ1n) is 8.28. The number of hydroxylamine groups is 2. The third-order valence-electron chi connectivity index (χ3n) is 4.36. The van der Waals surface area contributed by atoms with Crippen molar-refractivity contribution in [1.29, 1.82) is 0 Å². The van der Waals surface area contributed by atoms with Gasteiger partial charge in [-0.1, -0.05) is 18.2 Å². The van der Waals surface area contributed by atoms with Crippen LogP contribution in [-0.2, 0) is 4.79 Å². The Morgan fingerprint density at radius 1 is 1.31 bits per heavy atom. The van der Waals surface area contributed by atoms with Crippen LogP contribution in [0, 0.1) is 5.21 Å². The number of para-hydroxylation sites is 1. The fraction of sp³-hybridized carbons (Fsp3) is 0.167. The molecule has 3 N–H and O–H groups in total. The molecule has 26 heavy (non-hydrogen) atoms. The average molecular weight is 351 g/mol. The molecule has 2 heterocycles. The van der Waals surface area contributed by atoms with Crippen LogP contribution in [0.1, 0.15) is 19.3 Å². The van der Waals surface area contributed by atoms with Gasteiger partial charge in [0.05, 0.1) is 22.7 Å². The number of nitrogens with zero attached hydrogens (tertiary/aromatic N) is 3. The van der Waals surface area contributed by atoms with Crippen LogP contribution >= 0.6 is 0 Å². The highest BCUT2D eigenvalue weighted by Gasteiger charge is 2.36. The number of aliphatic carboxylic acids is 1. The fourth-order valence-corrected chi connectivity index (χ4v) is 3.03. The van der Waals surface area contributed by atoms with Gasteiger partial charge in [0.25, 0.3) is 5.84 Å². The molecule has 1 aromatic carbocycles. The second-order valence-electron chi connectivity index (χ2n) is 6.18. The summed E-state index contributed by atoms with van der Waals surface area (Å²) >= 11 is 0. The van der Waals surface area contributed by atoms with Crippen LogP contribution in [0.2, 0.25) is 0 Å². The number of hydrogen-bond donors (Lipinski definition) is 3. The topological polar surface area (TPSA) is 109 Å². The normalized spacial score (nSPS) is 25.7. The zero-order valence-corrected chi connectivity index (χ0v) is 13.8. The Hall–Kier alpha value is -3.23. The summed E-state index contributed by atoms with van der Waals surface area (Å²) in [5.41, 5.74) is 8.87. The van der Waals surface area contributed by atoms with Crippen LogP contribution in [-0.4, -0.2) is 27.4 Å². The quantitative estimate of drug-likeness (QED) is 0.441. The molecule has 1 aliphatic carbocycles. The molecule has 0 saturated carbocycles. The number of amidine groups is 1. The average Bonchev–Trinajstić information content (AvgIpc) is 2.64. The molecule has 0 radical (unpaired) electrons. The van der Waals surface area contributed by atoms with Crippen molar-refractivity contribution in [2.75, 3.05) is 5.43 Å². The maximum absolute atomic E-state index is 12.9. The summed E-state index contributed by atoms with van der Waals surface area (Å²) < 4.78 is -0.991. The molecule has 0 saturated heterocycles. The van der Waals surface area contributed by atoms with Crippen LogP contribution in [0.3, 0.4) is 0 Å². The SMILES string of the molecule is O=C(O)C1=CC2=NC3=C(CCCC3=NNc3ccccc3)N[N+]2([O-])C=C1. The minimum Gasteiger partial charge on any atom is -0.595 e. The lowest BCUT2D eigenvalue weighted by molar-refractivity contribution is -0.780.